The summed E-state index contributed by atoms with van der Waals surface area (Å²) in [4.78, 5) is 0. The number of nitrogens with one attached hydrogen (secondary N) is 1. The fraction of sp³-hybridized carbons (Fsp3) is 0.500. The van der Waals surface area contributed by atoms with Crippen LogP contribution in [0.25, 0.3) is 11.3 Å². The molecule has 30 heavy (non-hydrogen) atoms. The molecule has 160 valence electrons. The number of quaternary nitrogens is 1. The molecular formula is C24H33N4O2+. The molecule has 0 radical (unpaired) electrons. The Bertz CT molecular complexity index is 931. The lowest BCUT2D eigenvalue weighted by Gasteiger charge is -2.38. The summed E-state index contributed by atoms with van der Waals surface area (Å²) in [6, 6.07) is 8.40. The van der Waals surface area contributed by atoms with Crippen LogP contribution in [0.2, 0.25) is 0 Å². The Morgan fingerprint density at radius 3 is 2.77 bits per heavy atom. The van der Waals surface area contributed by atoms with Crippen molar-refractivity contribution in [2.75, 3.05) is 45.9 Å². The van der Waals surface area contributed by atoms with Crippen molar-refractivity contribution in [2.45, 2.75) is 39.7 Å². The molecule has 1 N–H and O–H groups in total. The number of nitrogens with zero attached hydrogens (tertiary/aromatic N) is 3. The molecule has 6 heteroatoms. The van der Waals surface area contributed by atoms with Gasteiger partial charge in [-0.1, -0.05) is 5.92 Å². The highest BCUT2D eigenvalue weighted by atomic mass is 16.7. The predicted molar refractivity (Wildman–Crippen MR) is 120 cm³/mol. The number of piperidine rings is 1. The third kappa shape index (κ3) is 5.71. The van der Waals surface area contributed by atoms with E-state index in [0.29, 0.717) is 18.4 Å². The lowest BCUT2D eigenvalue weighted by Crippen LogP contribution is -2.51. The molecule has 0 spiro atoms. The van der Waals surface area contributed by atoms with Crippen LogP contribution in [-0.4, -0.2) is 61.3 Å². The Labute approximate surface area is 180 Å². The van der Waals surface area contributed by atoms with Gasteiger partial charge in [0.05, 0.1) is 38.9 Å². The minimum Gasteiger partial charge on any atom is -0.467 e. The zero-order valence-electron chi connectivity index (χ0n) is 18.8. The van der Waals surface area contributed by atoms with Gasteiger partial charge in [-0.2, -0.15) is 0 Å². The Morgan fingerprint density at radius 1 is 1.23 bits per heavy atom. The van der Waals surface area contributed by atoms with Gasteiger partial charge in [-0.15, -0.1) is 16.1 Å². The van der Waals surface area contributed by atoms with Crippen LogP contribution in [0.5, 0.6) is 5.75 Å². The fourth-order valence-corrected chi connectivity index (χ4v) is 3.94. The number of likely N-dealkylation sites (N-methyl/N-ethyl adjacent to an activating group) is 1. The van der Waals surface area contributed by atoms with Gasteiger partial charge >= 0.3 is 0 Å². The lowest BCUT2D eigenvalue weighted by atomic mass is 10.0. The number of benzene rings is 1. The van der Waals surface area contributed by atoms with E-state index in [1.54, 1.807) is 0 Å². The molecule has 1 fully saturated rings. The number of rotatable bonds is 7. The first-order chi connectivity index (χ1) is 14.4. The molecule has 6 nitrogen and oxygen atoms in total. The third-order valence-electron chi connectivity index (χ3n) is 5.38. The predicted octanol–water partition coefficient (Wildman–Crippen LogP) is 3.85. The normalized spacial score (nSPS) is 17.7. The van der Waals surface area contributed by atoms with E-state index in [4.69, 9.17) is 9.47 Å². The molecular weight excluding hydrogens is 376 g/mol. The van der Waals surface area contributed by atoms with Crippen molar-refractivity contribution in [3.05, 3.63) is 35.4 Å². The van der Waals surface area contributed by atoms with Crippen molar-refractivity contribution in [1.29, 1.82) is 0 Å². The summed E-state index contributed by atoms with van der Waals surface area (Å²) in [7, 11) is 4.56. The molecule has 2 aromatic rings. The maximum atomic E-state index is 5.87. The molecule has 1 aromatic carbocycles. The molecule has 0 bridgehead atoms. The van der Waals surface area contributed by atoms with Crippen molar-refractivity contribution in [1.82, 2.24) is 10.2 Å². The van der Waals surface area contributed by atoms with Crippen molar-refractivity contribution in [2.24, 2.45) is 0 Å². The lowest BCUT2D eigenvalue weighted by molar-refractivity contribution is -0.895. The molecule has 0 amide bonds. The molecule has 0 saturated carbocycles. The van der Waals surface area contributed by atoms with E-state index in [-0.39, 0.29) is 6.79 Å². The third-order valence-corrected chi connectivity index (χ3v) is 5.38. The Kier molecular flexibility index (Phi) is 7.30. The molecule has 0 unspecified atom stereocenters. The van der Waals surface area contributed by atoms with Crippen LogP contribution >= 0.6 is 0 Å². The maximum absolute atomic E-state index is 5.87. The van der Waals surface area contributed by atoms with Gasteiger partial charge in [-0.25, -0.2) is 0 Å². The van der Waals surface area contributed by atoms with E-state index in [2.05, 4.69) is 54.4 Å². The van der Waals surface area contributed by atoms with Gasteiger partial charge in [0.15, 0.2) is 6.79 Å². The minimum absolute atomic E-state index is 0.189. The molecule has 1 saturated heterocycles. The molecule has 1 aromatic heterocycles. The van der Waals surface area contributed by atoms with Crippen LogP contribution < -0.4 is 10.1 Å². The summed E-state index contributed by atoms with van der Waals surface area (Å²) in [5.41, 5.74) is 3.65. The van der Waals surface area contributed by atoms with Crippen LogP contribution in [0.1, 0.15) is 37.8 Å². The Morgan fingerprint density at radius 2 is 2.07 bits per heavy atom. The summed E-state index contributed by atoms with van der Waals surface area (Å²) in [5, 5.41) is 12.6. The average molecular weight is 410 g/mol. The second kappa shape index (κ2) is 9.92. The number of hydrogen-bond donors (Lipinski definition) is 1. The van der Waals surface area contributed by atoms with Crippen molar-refractivity contribution < 1.29 is 14.0 Å². The van der Waals surface area contributed by atoms with Gasteiger partial charge in [-0.05, 0) is 63.4 Å². The highest BCUT2D eigenvalue weighted by molar-refractivity contribution is 5.71. The van der Waals surface area contributed by atoms with E-state index in [9.17, 15) is 0 Å². The molecule has 3 rings (SSSR count). The van der Waals surface area contributed by atoms with Gasteiger partial charge in [0.2, 0.25) is 0 Å². The highest BCUT2D eigenvalue weighted by Gasteiger charge is 2.27. The summed E-state index contributed by atoms with van der Waals surface area (Å²) in [6.45, 7) is 8.93. The molecule has 1 aliphatic heterocycles. The molecule has 1 atom stereocenters. The van der Waals surface area contributed by atoms with E-state index in [1.807, 2.05) is 32.0 Å². The monoisotopic (exact) mass is 409 g/mol. The Hall–Kier alpha value is -2.62. The summed E-state index contributed by atoms with van der Waals surface area (Å²) in [5.74, 6) is 7.53. The summed E-state index contributed by atoms with van der Waals surface area (Å²) >= 11 is 0. The number of anilines is 1. The van der Waals surface area contributed by atoms with E-state index in [0.717, 1.165) is 39.2 Å². The number of hydrogen-bond acceptors (Lipinski definition) is 5. The van der Waals surface area contributed by atoms with Crippen LogP contribution in [0.3, 0.4) is 0 Å². The summed E-state index contributed by atoms with van der Waals surface area (Å²) < 4.78 is 12.3. The number of aromatic nitrogens is 2. The van der Waals surface area contributed by atoms with Crippen LogP contribution in [0, 0.1) is 18.8 Å². The van der Waals surface area contributed by atoms with Gasteiger partial charge in [0, 0.05) is 17.7 Å². The van der Waals surface area contributed by atoms with E-state index < -0.39 is 0 Å². The van der Waals surface area contributed by atoms with Crippen molar-refractivity contribution in [3.63, 3.8) is 0 Å². The fourth-order valence-electron chi connectivity index (χ4n) is 3.94. The van der Waals surface area contributed by atoms with Crippen LogP contribution in [0.15, 0.2) is 24.3 Å². The topological polar surface area (TPSA) is 56.3 Å². The van der Waals surface area contributed by atoms with Gasteiger partial charge in [0.1, 0.15) is 11.6 Å². The number of ether oxygens (including phenoxy) is 2. The highest BCUT2D eigenvalue weighted by Crippen LogP contribution is 2.32. The van der Waals surface area contributed by atoms with Crippen molar-refractivity contribution >= 4 is 5.82 Å². The van der Waals surface area contributed by atoms with Gasteiger partial charge < -0.3 is 19.3 Å². The van der Waals surface area contributed by atoms with E-state index in [1.165, 1.54) is 19.4 Å². The van der Waals surface area contributed by atoms with Crippen LogP contribution in [-0.2, 0) is 4.74 Å². The second-order valence-electron chi connectivity index (χ2n) is 8.43. The van der Waals surface area contributed by atoms with E-state index >= 15 is 0 Å². The van der Waals surface area contributed by atoms with Crippen molar-refractivity contribution in [3.8, 4) is 28.8 Å². The van der Waals surface area contributed by atoms with Crippen LogP contribution in [0.4, 0.5) is 5.82 Å². The first kappa shape index (κ1) is 22.1. The minimum atomic E-state index is 0.189. The number of aryl methyl sites for hydroxylation is 1. The first-order valence-corrected chi connectivity index (χ1v) is 10.6. The maximum Gasteiger partial charge on any atom is 0.189 e. The molecule has 2 heterocycles. The zero-order valence-corrected chi connectivity index (χ0v) is 18.8. The van der Waals surface area contributed by atoms with Gasteiger partial charge in [0.25, 0.3) is 0 Å². The Balaban J connectivity index is 1.83. The SMILES string of the molecule is CC#Cc1ccc(-c2nnc(N[C@@H]3CCC[N+](C)(C)C3)cc2C)c(OCOCC)c1. The quantitative estimate of drug-likeness (QED) is 0.326. The smallest absolute Gasteiger partial charge is 0.189 e. The standard InChI is InChI=1S/C24H33N4O2/c1-6-9-19-11-12-21(22(15-19)30-17-29-7-2)24-18(3)14-23(26-27-24)25-20-10-8-13-28(4,5)16-20/h11-12,14-15,20H,7-8,10,13,16-17H2,1-5H3,(H,25,26)/q+1/t20-/m1/s1. The molecule has 0 aliphatic carbocycles. The average Bonchev–Trinajstić information content (AvgIpc) is 2.69. The summed E-state index contributed by atoms with van der Waals surface area (Å²) in [6.07, 6.45) is 2.39. The first-order valence-electron chi connectivity index (χ1n) is 10.6. The largest absolute Gasteiger partial charge is 0.467 e. The zero-order chi connectivity index (χ0) is 21.6. The molecule has 1 aliphatic rings. The van der Waals surface area contributed by atoms with Gasteiger partial charge in [-0.3, -0.25) is 0 Å². The second-order valence-corrected chi connectivity index (χ2v) is 8.43. The number of likely N-dealkylation sites (tertiary alicyclic amines) is 1.